The number of ether oxygens (including phenoxy) is 2. The first-order chi connectivity index (χ1) is 20.2. The second kappa shape index (κ2) is 11.3. The van der Waals surface area contributed by atoms with Gasteiger partial charge in [-0.15, -0.1) is 0 Å². The first-order valence-corrected chi connectivity index (χ1v) is 15.8. The van der Waals surface area contributed by atoms with Gasteiger partial charge in [0.2, 0.25) is 0 Å². The number of benzene rings is 3. The molecule has 10 heteroatoms. The van der Waals surface area contributed by atoms with Crippen molar-refractivity contribution in [3.63, 3.8) is 0 Å². The van der Waals surface area contributed by atoms with Crippen LogP contribution >= 0.6 is 0 Å². The summed E-state index contributed by atoms with van der Waals surface area (Å²) in [5.41, 5.74) is 4.45. The summed E-state index contributed by atoms with van der Waals surface area (Å²) in [5.74, 6) is 0.949. The molecule has 1 heterocycles. The van der Waals surface area contributed by atoms with Crippen molar-refractivity contribution in [2.75, 3.05) is 23.9 Å². The molecule has 3 unspecified atom stereocenters. The molecule has 2 amide bonds. The molecule has 2 fully saturated rings. The van der Waals surface area contributed by atoms with E-state index in [2.05, 4.69) is 14.9 Å². The third kappa shape index (κ3) is 5.68. The Morgan fingerprint density at radius 2 is 1.86 bits per heavy atom. The molecule has 1 aliphatic heterocycles. The van der Waals surface area contributed by atoms with E-state index in [0.29, 0.717) is 35.4 Å². The number of hydrogen-bond donors (Lipinski definition) is 2. The lowest BCUT2D eigenvalue weighted by Gasteiger charge is -2.23. The molecule has 3 aromatic rings. The molecule has 0 aromatic heterocycles. The average molecular weight is 590 g/mol. The predicted octanol–water partition coefficient (Wildman–Crippen LogP) is 5.42. The minimum atomic E-state index is -4.03. The molecule has 0 saturated heterocycles. The van der Waals surface area contributed by atoms with Crippen molar-refractivity contribution < 1.29 is 27.5 Å². The van der Waals surface area contributed by atoms with Gasteiger partial charge in [0.1, 0.15) is 11.9 Å². The number of nitrogens with zero attached hydrogens (tertiary/aromatic N) is 1. The maximum Gasteiger partial charge on any atom is 0.411 e. The fourth-order valence-electron chi connectivity index (χ4n) is 6.62. The third-order valence-electron chi connectivity index (χ3n) is 8.78. The van der Waals surface area contributed by atoms with Crippen molar-refractivity contribution in [3.8, 4) is 5.75 Å². The van der Waals surface area contributed by atoms with Crippen LogP contribution in [0.25, 0.3) is 0 Å². The van der Waals surface area contributed by atoms with Crippen LogP contribution < -0.4 is 19.7 Å². The van der Waals surface area contributed by atoms with Crippen LogP contribution in [-0.4, -0.2) is 40.2 Å². The maximum absolute atomic E-state index is 12.9. The molecule has 9 nitrogen and oxygen atoms in total. The molecule has 0 radical (unpaired) electrons. The summed E-state index contributed by atoms with van der Waals surface area (Å²) in [6.07, 6.45) is 5.03. The van der Waals surface area contributed by atoms with Crippen LogP contribution in [-0.2, 0) is 27.7 Å². The molecule has 0 spiro atoms. The molecule has 42 heavy (non-hydrogen) atoms. The lowest BCUT2D eigenvalue weighted by atomic mass is 9.98. The van der Waals surface area contributed by atoms with Gasteiger partial charge in [0, 0.05) is 35.6 Å². The van der Waals surface area contributed by atoms with Gasteiger partial charge in [-0.2, -0.15) is 0 Å². The Morgan fingerprint density at radius 3 is 2.60 bits per heavy atom. The van der Waals surface area contributed by atoms with E-state index in [9.17, 15) is 18.0 Å². The highest BCUT2D eigenvalue weighted by Gasteiger charge is 2.41. The zero-order valence-electron chi connectivity index (χ0n) is 23.8. The largest absolute Gasteiger partial charge is 0.496 e. The van der Waals surface area contributed by atoms with E-state index in [1.54, 1.807) is 43.3 Å². The minimum absolute atomic E-state index is 0.0229. The number of carbonyl (C=O) groups is 2. The van der Waals surface area contributed by atoms with E-state index in [4.69, 9.17) is 9.47 Å². The van der Waals surface area contributed by atoms with Gasteiger partial charge < -0.3 is 14.4 Å². The van der Waals surface area contributed by atoms with Crippen molar-refractivity contribution in [3.05, 3.63) is 82.9 Å². The van der Waals surface area contributed by atoms with Gasteiger partial charge in [-0.3, -0.25) is 10.1 Å². The van der Waals surface area contributed by atoms with Crippen LogP contribution in [0.1, 0.15) is 52.7 Å². The van der Waals surface area contributed by atoms with Gasteiger partial charge in [-0.1, -0.05) is 30.3 Å². The molecule has 3 atom stereocenters. The summed E-state index contributed by atoms with van der Waals surface area (Å²) >= 11 is 0. The van der Waals surface area contributed by atoms with Gasteiger partial charge in [0.15, 0.2) is 0 Å². The Morgan fingerprint density at radius 1 is 1.02 bits per heavy atom. The van der Waals surface area contributed by atoms with Gasteiger partial charge >= 0.3 is 6.09 Å². The Labute approximate surface area is 246 Å². The fraction of sp³-hybridized carbons (Fsp3) is 0.375. The van der Waals surface area contributed by atoms with Crippen molar-refractivity contribution in [1.29, 1.82) is 0 Å². The van der Waals surface area contributed by atoms with Crippen LogP contribution in [0.2, 0.25) is 0 Å². The first kappa shape index (κ1) is 28.1. The number of rotatable bonds is 8. The smallest absolute Gasteiger partial charge is 0.411 e. The van der Waals surface area contributed by atoms with E-state index in [-0.39, 0.29) is 16.6 Å². The Balaban J connectivity index is 1.13. The zero-order chi connectivity index (χ0) is 29.4. The molecule has 2 N–H and O–H groups in total. The van der Waals surface area contributed by atoms with E-state index in [1.807, 2.05) is 18.2 Å². The first-order valence-electron chi connectivity index (χ1n) is 14.4. The van der Waals surface area contributed by atoms with E-state index in [1.165, 1.54) is 31.6 Å². The second-order valence-electron chi connectivity index (χ2n) is 11.5. The number of fused-ring (bicyclic) bond motifs is 3. The average Bonchev–Trinajstić information content (AvgIpc) is 3.69. The monoisotopic (exact) mass is 589 g/mol. The molecule has 2 aliphatic carbocycles. The van der Waals surface area contributed by atoms with Crippen LogP contribution in [0.15, 0.2) is 65.6 Å². The van der Waals surface area contributed by atoms with Gasteiger partial charge in [-0.25, -0.2) is 17.9 Å². The molecule has 220 valence electrons. The third-order valence-corrected chi connectivity index (χ3v) is 10.3. The van der Waals surface area contributed by atoms with Gasteiger partial charge in [0.25, 0.3) is 15.9 Å². The summed E-state index contributed by atoms with van der Waals surface area (Å²) in [6.45, 7) is 2.98. The van der Waals surface area contributed by atoms with Gasteiger partial charge in [0.05, 0.1) is 12.0 Å². The minimum Gasteiger partial charge on any atom is -0.496 e. The van der Waals surface area contributed by atoms with Crippen LogP contribution in [0, 0.1) is 18.8 Å². The normalized spacial score (nSPS) is 20.7. The summed E-state index contributed by atoms with van der Waals surface area (Å²) in [7, 11) is -2.51. The van der Waals surface area contributed by atoms with Crippen LogP contribution in [0.3, 0.4) is 0 Å². The number of methoxy groups -OCH3 is 1. The lowest BCUT2D eigenvalue weighted by Crippen LogP contribution is -2.31. The van der Waals surface area contributed by atoms with Crippen molar-refractivity contribution in [1.82, 2.24) is 4.72 Å². The van der Waals surface area contributed by atoms with Crippen LogP contribution in [0.4, 0.5) is 16.2 Å². The number of carbonyl (C=O) groups excluding carboxylic acids is 2. The number of anilines is 2. The molecular weight excluding hydrogens is 554 g/mol. The second-order valence-corrected chi connectivity index (χ2v) is 13.1. The Kier molecular flexibility index (Phi) is 7.57. The zero-order valence-corrected chi connectivity index (χ0v) is 24.6. The molecule has 2 bridgehead atoms. The van der Waals surface area contributed by atoms with E-state index >= 15 is 0 Å². The number of hydrogen-bond acceptors (Lipinski definition) is 7. The van der Waals surface area contributed by atoms with E-state index < -0.39 is 22.0 Å². The molecule has 3 aromatic carbocycles. The predicted molar refractivity (Wildman–Crippen MR) is 159 cm³/mol. The lowest BCUT2D eigenvalue weighted by molar-refractivity contribution is 0.0755. The van der Waals surface area contributed by atoms with Crippen molar-refractivity contribution in [2.45, 2.75) is 56.6 Å². The quantitative estimate of drug-likeness (QED) is 0.361. The Hall–Kier alpha value is -4.05. The Bertz CT molecular complexity index is 1640. The van der Waals surface area contributed by atoms with Gasteiger partial charge in [-0.05, 0) is 92.3 Å². The SMILES string of the molecule is COc1cc(C(=O)NS(=O)(=O)c2ccccc2C)ccc1CN1CCc2ccc(NC(=O)OC3CC4CCC3C4)cc21. The maximum atomic E-state index is 12.9. The molecule has 2 saturated carbocycles. The molecule has 3 aliphatic rings. The van der Waals surface area contributed by atoms with Crippen molar-refractivity contribution >= 4 is 33.4 Å². The standard InChI is InChI=1S/C32H35N3O6S/c1-20-5-3-4-6-30(20)42(38,39)34-31(36)24-9-10-25(28(17-24)40-2)19-35-14-13-22-11-12-26(18-27(22)35)33-32(37)41-29-16-21-7-8-23(29)15-21/h3-6,9-12,17-18,21,23,29H,7-8,13-16,19H2,1-2H3,(H,33,37)(H,34,36). The highest BCUT2D eigenvalue weighted by atomic mass is 32.2. The fourth-order valence-corrected chi connectivity index (χ4v) is 7.84. The van der Waals surface area contributed by atoms with Crippen molar-refractivity contribution in [2.24, 2.45) is 11.8 Å². The summed E-state index contributed by atoms with van der Waals surface area (Å²) < 4.78 is 39.1. The highest BCUT2D eigenvalue weighted by Crippen LogP contribution is 2.46. The van der Waals surface area contributed by atoms with E-state index in [0.717, 1.165) is 37.1 Å². The number of amides is 2. The van der Waals surface area contributed by atoms with Crippen LogP contribution in [0.5, 0.6) is 5.75 Å². The summed E-state index contributed by atoms with van der Waals surface area (Å²) in [6, 6.07) is 17.3. The number of sulfonamides is 1. The summed E-state index contributed by atoms with van der Waals surface area (Å²) in [4.78, 5) is 27.8. The molecular formula is C32H35N3O6S. The topological polar surface area (TPSA) is 114 Å². The highest BCUT2D eigenvalue weighted by molar-refractivity contribution is 7.90. The molecule has 6 rings (SSSR count). The number of nitrogens with one attached hydrogen (secondary N) is 2. The number of aryl methyl sites for hydroxylation is 1. The summed E-state index contributed by atoms with van der Waals surface area (Å²) in [5, 5.41) is 2.91.